The smallest absolute Gasteiger partial charge is 0.130 e. The fourth-order valence-corrected chi connectivity index (χ4v) is 2.24. The van der Waals surface area contributed by atoms with Crippen LogP contribution < -0.4 is 5.32 Å². The van der Waals surface area contributed by atoms with E-state index in [9.17, 15) is 0 Å². The number of hydrogen-bond acceptors (Lipinski definition) is 4. The van der Waals surface area contributed by atoms with Crippen LogP contribution in [0.4, 0.5) is 5.82 Å². The largest absolute Gasteiger partial charge is 0.373 e. The van der Waals surface area contributed by atoms with Crippen LogP contribution in [0.5, 0.6) is 0 Å². The van der Waals surface area contributed by atoms with Gasteiger partial charge >= 0.3 is 0 Å². The number of rotatable bonds is 6. The minimum absolute atomic E-state index is 0.905. The van der Waals surface area contributed by atoms with E-state index in [0.29, 0.717) is 0 Å². The van der Waals surface area contributed by atoms with Gasteiger partial charge in [-0.2, -0.15) is 0 Å². The number of para-hydroxylation sites is 1. The van der Waals surface area contributed by atoms with Gasteiger partial charge in [0.2, 0.25) is 0 Å². The molecule has 1 N–H and O–H groups in total. The van der Waals surface area contributed by atoms with E-state index in [2.05, 4.69) is 60.5 Å². The van der Waals surface area contributed by atoms with E-state index < -0.39 is 0 Å². The number of anilines is 1. The molecule has 0 aliphatic rings. The lowest BCUT2D eigenvalue weighted by atomic mass is 10.1. The van der Waals surface area contributed by atoms with Crippen molar-refractivity contribution in [2.24, 2.45) is 0 Å². The van der Waals surface area contributed by atoms with Gasteiger partial charge < -0.3 is 15.1 Å². The Labute approximate surface area is 121 Å². The molecule has 0 saturated carbocycles. The Hall–Kier alpha value is -1.65. The van der Waals surface area contributed by atoms with Crippen molar-refractivity contribution in [3.8, 4) is 0 Å². The number of nitrogens with zero attached hydrogens (tertiary/aromatic N) is 3. The number of benzene rings is 1. The van der Waals surface area contributed by atoms with Gasteiger partial charge in [0.05, 0.1) is 5.52 Å². The van der Waals surface area contributed by atoms with Crippen LogP contribution >= 0.6 is 0 Å². The molecule has 1 heterocycles. The van der Waals surface area contributed by atoms with E-state index in [1.165, 1.54) is 10.9 Å². The quantitative estimate of drug-likeness (QED) is 0.874. The number of pyridine rings is 1. The molecular formula is C16H24N4. The molecule has 0 unspecified atom stereocenters. The van der Waals surface area contributed by atoms with Crippen molar-refractivity contribution in [3.63, 3.8) is 0 Å². The van der Waals surface area contributed by atoms with Crippen LogP contribution in [0.1, 0.15) is 5.56 Å². The Morgan fingerprint density at radius 3 is 2.55 bits per heavy atom. The zero-order chi connectivity index (χ0) is 14.5. The summed E-state index contributed by atoms with van der Waals surface area (Å²) in [4.78, 5) is 9.22. The molecule has 20 heavy (non-hydrogen) atoms. The lowest BCUT2D eigenvalue weighted by Gasteiger charge is -2.20. The van der Waals surface area contributed by atoms with E-state index >= 15 is 0 Å². The van der Waals surface area contributed by atoms with Crippen molar-refractivity contribution >= 4 is 16.7 Å². The van der Waals surface area contributed by atoms with Crippen LogP contribution in [0.15, 0.2) is 30.3 Å². The van der Waals surface area contributed by atoms with Gasteiger partial charge in [0, 0.05) is 37.6 Å². The maximum absolute atomic E-state index is 4.69. The van der Waals surface area contributed by atoms with Gasteiger partial charge in [-0.3, -0.25) is 0 Å². The third-order valence-corrected chi connectivity index (χ3v) is 3.41. The van der Waals surface area contributed by atoms with Crippen LogP contribution in [-0.2, 0) is 6.54 Å². The Balaban J connectivity index is 2.19. The van der Waals surface area contributed by atoms with Crippen molar-refractivity contribution in [2.75, 3.05) is 46.6 Å². The summed E-state index contributed by atoms with van der Waals surface area (Å²) in [5, 5.41) is 4.41. The third-order valence-electron chi connectivity index (χ3n) is 3.41. The van der Waals surface area contributed by atoms with Crippen molar-refractivity contribution < 1.29 is 0 Å². The van der Waals surface area contributed by atoms with Crippen molar-refractivity contribution in [3.05, 3.63) is 35.9 Å². The molecule has 0 aliphatic heterocycles. The van der Waals surface area contributed by atoms with Crippen LogP contribution in [0, 0.1) is 0 Å². The highest BCUT2D eigenvalue weighted by Gasteiger charge is 2.08. The predicted molar refractivity (Wildman–Crippen MR) is 86.2 cm³/mol. The Bertz CT molecular complexity index is 565. The molecule has 4 heteroatoms. The number of fused-ring (bicyclic) bond motifs is 1. The van der Waals surface area contributed by atoms with E-state index in [1.807, 2.05) is 13.1 Å². The molecule has 4 nitrogen and oxygen atoms in total. The average molecular weight is 272 g/mol. The normalized spacial score (nSPS) is 11.5. The first kappa shape index (κ1) is 14.8. The molecule has 108 valence electrons. The average Bonchev–Trinajstić information content (AvgIpc) is 2.44. The summed E-state index contributed by atoms with van der Waals surface area (Å²) in [7, 11) is 8.29. The molecule has 2 aromatic rings. The molecule has 0 fully saturated rings. The summed E-state index contributed by atoms with van der Waals surface area (Å²) < 4.78 is 0. The van der Waals surface area contributed by atoms with Gasteiger partial charge in [-0.1, -0.05) is 18.2 Å². The van der Waals surface area contributed by atoms with E-state index in [-0.39, 0.29) is 0 Å². The Morgan fingerprint density at radius 2 is 1.85 bits per heavy atom. The molecule has 0 radical (unpaired) electrons. The number of aromatic nitrogens is 1. The summed E-state index contributed by atoms with van der Waals surface area (Å²) in [5.41, 5.74) is 2.28. The van der Waals surface area contributed by atoms with Crippen molar-refractivity contribution in [1.29, 1.82) is 0 Å². The molecule has 2 rings (SSSR count). The van der Waals surface area contributed by atoms with Crippen molar-refractivity contribution in [2.45, 2.75) is 6.54 Å². The molecule has 0 spiro atoms. The SMILES string of the molecule is CNc1nc2ccccc2cc1CN(C)CCN(C)C. The molecule has 1 aromatic heterocycles. The molecule has 0 atom stereocenters. The maximum atomic E-state index is 4.69. The highest BCUT2D eigenvalue weighted by Crippen LogP contribution is 2.21. The van der Waals surface area contributed by atoms with Gasteiger partial charge in [-0.15, -0.1) is 0 Å². The van der Waals surface area contributed by atoms with Gasteiger partial charge in [0.25, 0.3) is 0 Å². The number of likely N-dealkylation sites (N-methyl/N-ethyl adjacent to an activating group) is 2. The highest BCUT2D eigenvalue weighted by atomic mass is 15.1. The number of nitrogens with one attached hydrogen (secondary N) is 1. The topological polar surface area (TPSA) is 31.4 Å². The lowest BCUT2D eigenvalue weighted by Crippen LogP contribution is -2.28. The zero-order valence-electron chi connectivity index (χ0n) is 12.8. The molecule has 0 bridgehead atoms. The summed E-state index contributed by atoms with van der Waals surface area (Å²) in [6.07, 6.45) is 0. The zero-order valence-corrected chi connectivity index (χ0v) is 12.8. The van der Waals surface area contributed by atoms with Crippen LogP contribution in [0.3, 0.4) is 0 Å². The fraction of sp³-hybridized carbons (Fsp3) is 0.438. The van der Waals surface area contributed by atoms with Gasteiger partial charge in [0.15, 0.2) is 0 Å². The summed E-state index contributed by atoms with van der Waals surface area (Å²) in [6.45, 7) is 3.01. The van der Waals surface area contributed by atoms with Crippen LogP contribution in [0.25, 0.3) is 10.9 Å². The van der Waals surface area contributed by atoms with E-state index in [1.54, 1.807) is 0 Å². The first-order chi connectivity index (χ1) is 9.60. The summed E-state index contributed by atoms with van der Waals surface area (Å²) in [5.74, 6) is 0.973. The summed E-state index contributed by atoms with van der Waals surface area (Å²) in [6, 6.07) is 10.5. The second-order valence-corrected chi connectivity index (χ2v) is 5.48. The Kier molecular flexibility index (Phi) is 4.93. The second-order valence-electron chi connectivity index (χ2n) is 5.48. The van der Waals surface area contributed by atoms with Crippen LogP contribution in [0.2, 0.25) is 0 Å². The first-order valence-electron chi connectivity index (χ1n) is 7.00. The minimum Gasteiger partial charge on any atom is -0.373 e. The van der Waals surface area contributed by atoms with Crippen LogP contribution in [-0.4, -0.2) is 56.1 Å². The van der Waals surface area contributed by atoms with E-state index in [4.69, 9.17) is 4.98 Å². The van der Waals surface area contributed by atoms with Crippen molar-refractivity contribution in [1.82, 2.24) is 14.8 Å². The minimum atomic E-state index is 0.905. The number of hydrogen-bond donors (Lipinski definition) is 1. The van der Waals surface area contributed by atoms with Gasteiger partial charge in [0.1, 0.15) is 5.82 Å². The molecule has 0 saturated heterocycles. The second kappa shape index (κ2) is 6.68. The fourth-order valence-electron chi connectivity index (χ4n) is 2.24. The van der Waals surface area contributed by atoms with E-state index in [0.717, 1.165) is 31.0 Å². The molecule has 0 amide bonds. The Morgan fingerprint density at radius 1 is 1.10 bits per heavy atom. The standard InChI is InChI=1S/C16H24N4/c1-17-16-14(12-20(4)10-9-19(2)3)11-13-7-5-6-8-15(13)18-16/h5-8,11H,9-10,12H2,1-4H3,(H,17,18). The highest BCUT2D eigenvalue weighted by molar-refractivity contribution is 5.81. The molecule has 0 aliphatic carbocycles. The first-order valence-corrected chi connectivity index (χ1v) is 7.00. The lowest BCUT2D eigenvalue weighted by molar-refractivity contribution is 0.276. The summed E-state index contributed by atoms with van der Waals surface area (Å²) >= 11 is 0. The maximum Gasteiger partial charge on any atom is 0.130 e. The molecule has 1 aromatic carbocycles. The van der Waals surface area contributed by atoms with Gasteiger partial charge in [-0.05, 0) is 33.3 Å². The predicted octanol–water partition coefficient (Wildman–Crippen LogP) is 2.27. The third kappa shape index (κ3) is 3.68. The van der Waals surface area contributed by atoms with Gasteiger partial charge in [-0.25, -0.2) is 4.98 Å². The monoisotopic (exact) mass is 272 g/mol. The molecular weight excluding hydrogens is 248 g/mol.